The van der Waals surface area contributed by atoms with Crippen LogP contribution in [0.3, 0.4) is 0 Å². The monoisotopic (exact) mass is 282 g/mol. The van der Waals surface area contributed by atoms with Crippen LogP contribution in [0.2, 0.25) is 0 Å². The minimum absolute atomic E-state index is 0.0722. The van der Waals surface area contributed by atoms with Gasteiger partial charge in [-0.25, -0.2) is 0 Å². The maximum Gasteiger partial charge on any atom is 0.393 e. The van der Waals surface area contributed by atoms with Gasteiger partial charge < -0.3 is 20.2 Å². The van der Waals surface area contributed by atoms with Crippen LogP contribution in [0, 0.1) is 16.0 Å². The van der Waals surface area contributed by atoms with Crippen LogP contribution in [-0.4, -0.2) is 33.5 Å². The van der Waals surface area contributed by atoms with Gasteiger partial charge in [0.15, 0.2) is 0 Å². The molecule has 2 aromatic heterocycles. The number of hydrogen-bond acceptors (Lipinski definition) is 6. The molecular formula is C11H14N4O3S. The zero-order valence-electron chi connectivity index (χ0n) is 10.4. The normalized spacial score (nSPS) is 23.6. The zero-order chi connectivity index (χ0) is 13.4. The topological polar surface area (TPSA) is 81.7 Å². The number of nitro groups is 1. The molecule has 0 radical (unpaired) electrons. The van der Waals surface area contributed by atoms with Crippen LogP contribution in [0.25, 0.3) is 4.96 Å². The van der Waals surface area contributed by atoms with Crippen molar-refractivity contribution in [3.63, 3.8) is 0 Å². The smallest absolute Gasteiger partial charge is 0.393 e. The summed E-state index contributed by atoms with van der Waals surface area (Å²) in [4.78, 5) is 15.5. The van der Waals surface area contributed by atoms with Crippen molar-refractivity contribution in [1.29, 1.82) is 0 Å². The predicted octanol–water partition coefficient (Wildman–Crippen LogP) is 1.68. The Morgan fingerprint density at radius 3 is 3.26 bits per heavy atom. The second-order valence-corrected chi connectivity index (χ2v) is 5.55. The van der Waals surface area contributed by atoms with Gasteiger partial charge in [-0.05, 0) is 23.8 Å². The number of rotatable bonds is 3. The molecule has 2 aromatic rings. The van der Waals surface area contributed by atoms with Crippen molar-refractivity contribution in [2.45, 2.75) is 19.4 Å². The molecule has 8 heteroatoms. The summed E-state index contributed by atoms with van der Waals surface area (Å²) < 4.78 is 7.23. The predicted molar refractivity (Wildman–Crippen MR) is 70.8 cm³/mol. The first kappa shape index (κ1) is 12.4. The van der Waals surface area contributed by atoms with Gasteiger partial charge in [0.1, 0.15) is 12.3 Å². The van der Waals surface area contributed by atoms with Gasteiger partial charge in [0, 0.05) is 11.9 Å². The molecule has 0 amide bonds. The average Bonchev–Trinajstić information content (AvgIpc) is 2.91. The Bertz CT molecular complexity index is 608. The SMILES string of the molecule is CC1CCNCC1Oc1nc2sccn2c1[N+](=O)[O-]. The fourth-order valence-electron chi connectivity index (χ4n) is 2.26. The molecule has 102 valence electrons. The van der Waals surface area contributed by atoms with Crippen molar-refractivity contribution in [2.75, 3.05) is 13.1 Å². The van der Waals surface area contributed by atoms with E-state index < -0.39 is 4.92 Å². The third-order valence-corrected chi connectivity index (χ3v) is 4.16. The highest BCUT2D eigenvalue weighted by atomic mass is 32.1. The molecule has 7 nitrogen and oxygen atoms in total. The van der Waals surface area contributed by atoms with E-state index in [9.17, 15) is 10.1 Å². The van der Waals surface area contributed by atoms with Gasteiger partial charge in [0.2, 0.25) is 0 Å². The van der Waals surface area contributed by atoms with Crippen LogP contribution in [0.4, 0.5) is 5.82 Å². The number of hydrogen-bond donors (Lipinski definition) is 1. The fourth-order valence-corrected chi connectivity index (χ4v) is 2.96. The maximum atomic E-state index is 11.2. The molecule has 19 heavy (non-hydrogen) atoms. The number of fused-ring (bicyclic) bond motifs is 1. The Kier molecular flexibility index (Phi) is 3.11. The molecule has 0 saturated carbocycles. The van der Waals surface area contributed by atoms with E-state index in [1.807, 2.05) is 0 Å². The molecule has 3 rings (SSSR count). The number of thiazole rings is 1. The first-order valence-corrected chi connectivity index (χ1v) is 7.02. The quantitative estimate of drug-likeness (QED) is 0.684. The Balaban J connectivity index is 1.93. The summed E-state index contributed by atoms with van der Waals surface area (Å²) in [7, 11) is 0. The molecule has 1 aliphatic rings. The van der Waals surface area contributed by atoms with Crippen molar-refractivity contribution >= 4 is 22.1 Å². The lowest BCUT2D eigenvalue weighted by Gasteiger charge is -2.28. The summed E-state index contributed by atoms with van der Waals surface area (Å²) in [5.41, 5.74) is 0. The number of ether oxygens (including phenoxy) is 1. The van der Waals surface area contributed by atoms with Crippen molar-refractivity contribution in [3.05, 3.63) is 21.7 Å². The standard InChI is InChI=1S/C11H14N4O3S/c1-7-2-3-12-6-8(7)18-9-10(15(16)17)14-4-5-19-11(14)13-9/h4-5,7-8,12H,2-3,6H2,1H3. The second-order valence-electron chi connectivity index (χ2n) is 4.68. The highest BCUT2D eigenvalue weighted by molar-refractivity contribution is 7.15. The molecule has 0 bridgehead atoms. The number of nitrogens with zero attached hydrogens (tertiary/aromatic N) is 3. The minimum Gasteiger partial charge on any atom is -0.467 e. The lowest BCUT2D eigenvalue weighted by molar-refractivity contribution is -0.391. The van der Waals surface area contributed by atoms with Crippen LogP contribution >= 0.6 is 11.3 Å². The number of imidazole rings is 1. The van der Waals surface area contributed by atoms with E-state index in [4.69, 9.17) is 4.74 Å². The lowest BCUT2D eigenvalue weighted by atomic mass is 9.97. The van der Waals surface area contributed by atoms with E-state index in [1.54, 1.807) is 11.6 Å². The van der Waals surface area contributed by atoms with E-state index >= 15 is 0 Å². The van der Waals surface area contributed by atoms with Crippen molar-refractivity contribution in [1.82, 2.24) is 14.7 Å². The van der Waals surface area contributed by atoms with Crippen LogP contribution in [-0.2, 0) is 0 Å². The Morgan fingerprint density at radius 2 is 2.53 bits per heavy atom. The highest BCUT2D eigenvalue weighted by Gasteiger charge is 2.30. The van der Waals surface area contributed by atoms with Gasteiger partial charge in [-0.3, -0.25) is 0 Å². The fraction of sp³-hybridized carbons (Fsp3) is 0.545. The van der Waals surface area contributed by atoms with Crippen LogP contribution in [0.15, 0.2) is 11.6 Å². The molecule has 1 aliphatic heterocycles. The van der Waals surface area contributed by atoms with Gasteiger partial charge >= 0.3 is 11.7 Å². The molecule has 2 unspecified atom stereocenters. The van der Waals surface area contributed by atoms with E-state index in [-0.39, 0.29) is 17.8 Å². The maximum absolute atomic E-state index is 11.2. The molecule has 0 spiro atoms. The first-order chi connectivity index (χ1) is 9.16. The molecule has 0 aliphatic carbocycles. The summed E-state index contributed by atoms with van der Waals surface area (Å²) in [6.07, 6.45) is 2.57. The molecule has 3 heterocycles. The average molecular weight is 282 g/mol. The largest absolute Gasteiger partial charge is 0.467 e. The highest BCUT2D eigenvalue weighted by Crippen LogP contribution is 2.32. The van der Waals surface area contributed by atoms with Crippen molar-refractivity contribution in [3.8, 4) is 5.88 Å². The molecule has 0 aromatic carbocycles. The van der Waals surface area contributed by atoms with Crippen molar-refractivity contribution < 1.29 is 9.66 Å². The summed E-state index contributed by atoms with van der Waals surface area (Å²) in [6.45, 7) is 3.75. The third kappa shape index (κ3) is 2.17. The Hall–Kier alpha value is -1.67. The molecule has 1 saturated heterocycles. The number of nitrogens with one attached hydrogen (secondary N) is 1. The molecule has 1 fully saturated rings. The van der Waals surface area contributed by atoms with E-state index in [0.717, 1.165) is 13.0 Å². The number of aromatic nitrogens is 2. The Labute approximate surface area is 113 Å². The second kappa shape index (κ2) is 4.78. The van der Waals surface area contributed by atoms with E-state index in [1.165, 1.54) is 15.7 Å². The molecule has 1 N–H and O–H groups in total. The van der Waals surface area contributed by atoms with E-state index in [0.29, 0.717) is 17.4 Å². The van der Waals surface area contributed by atoms with Crippen LogP contribution in [0.1, 0.15) is 13.3 Å². The molecule has 2 atom stereocenters. The van der Waals surface area contributed by atoms with Crippen LogP contribution < -0.4 is 10.1 Å². The molecular weight excluding hydrogens is 268 g/mol. The van der Waals surface area contributed by atoms with Crippen LogP contribution in [0.5, 0.6) is 5.88 Å². The summed E-state index contributed by atoms with van der Waals surface area (Å²) in [5.74, 6) is 0.395. The number of piperidine rings is 1. The van der Waals surface area contributed by atoms with Gasteiger partial charge in [0.25, 0.3) is 4.96 Å². The summed E-state index contributed by atoms with van der Waals surface area (Å²) >= 11 is 1.35. The van der Waals surface area contributed by atoms with Gasteiger partial charge in [-0.2, -0.15) is 9.38 Å². The summed E-state index contributed by atoms with van der Waals surface area (Å²) in [5, 5.41) is 16.2. The lowest BCUT2D eigenvalue weighted by Crippen LogP contribution is -2.43. The summed E-state index contributed by atoms with van der Waals surface area (Å²) in [6, 6.07) is 0. The Morgan fingerprint density at radius 1 is 1.68 bits per heavy atom. The van der Waals surface area contributed by atoms with Gasteiger partial charge in [-0.15, -0.1) is 0 Å². The van der Waals surface area contributed by atoms with Gasteiger partial charge in [0.05, 0.1) is 0 Å². The van der Waals surface area contributed by atoms with E-state index in [2.05, 4.69) is 17.2 Å². The minimum atomic E-state index is -0.441. The first-order valence-electron chi connectivity index (χ1n) is 6.14. The van der Waals surface area contributed by atoms with Crippen molar-refractivity contribution in [2.24, 2.45) is 5.92 Å². The van der Waals surface area contributed by atoms with Gasteiger partial charge in [-0.1, -0.05) is 18.3 Å². The third-order valence-electron chi connectivity index (χ3n) is 3.40. The zero-order valence-corrected chi connectivity index (χ0v) is 11.2.